The summed E-state index contributed by atoms with van der Waals surface area (Å²) in [6, 6.07) is 12.9. The molecule has 0 bridgehead atoms. The van der Waals surface area contributed by atoms with Crippen LogP contribution in [0.15, 0.2) is 52.7 Å². The maximum atomic E-state index is 12.0. The molecule has 1 amide bonds. The average Bonchev–Trinajstić information content (AvgIpc) is 2.91. The van der Waals surface area contributed by atoms with E-state index in [0.29, 0.717) is 17.2 Å². The van der Waals surface area contributed by atoms with Crippen LogP contribution in [-0.2, 0) is 4.79 Å². The van der Waals surface area contributed by atoms with Gasteiger partial charge in [0.1, 0.15) is 0 Å². The highest BCUT2D eigenvalue weighted by atomic mass is 16.5. The predicted octanol–water partition coefficient (Wildman–Crippen LogP) is 3.26. The summed E-state index contributed by atoms with van der Waals surface area (Å²) in [5.41, 5.74) is 2.60. The van der Waals surface area contributed by atoms with Crippen LogP contribution in [0.5, 0.6) is 11.5 Å². The Morgan fingerprint density at radius 2 is 1.92 bits per heavy atom. The number of hydrogen-bond donors (Lipinski definition) is 1. The van der Waals surface area contributed by atoms with Crippen molar-refractivity contribution >= 4 is 23.5 Å². The summed E-state index contributed by atoms with van der Waals surface area (Å²) in [6.07, 6.45) is 1.63. The number of nitrogens with one attached hydrogen (secondary N) is 1. The van der Waals surface area contributed by atoms with Crippen molar-refractivity contribution in [2.45, 2.75) is 20.0 Å². The van der Waals surface area contributed by atoms with E-state index in [2.05, 4.69) is 15.5 Å². The Balaban J connectivity index is 1.82. The minimum Gasteiger partial charge on any atom is -0.493 e. The van der Waals surface area contributed by atoms with E-state index < -0.39 is 0 Å². The van der Waals surface area contributed by atoms with Gasteiger partial charge in [0.15, 0.2) is 17.2 Å². The molecule has 1 aliphatic rings. The number of fused-ring (bicyclic) bond motifs is 1. The first-order chi connectivity index (χ1) is 12.1. The van der Waals surface area contributed by atoms with Gasteiger partial charge in [0.05, 0.1) is 25.1 Å². The molecule has 0 saturated heterocycles. The summed E-state index contributed by atoms with van der Waals surface area (Å²) < 4.78 is 11.0. The summed E-state index contributed by atoms with van der Waals surface area (Å²) in [5, 5.41) is 10.9. The fraction of sp³-hybridized carbons (Fsp3) is 0.211. The zero-order valence-electron chi connectivity index (χ0n) is 14.3. The molecule has 0 aliphatic carbocycles. The van der Waals surface area contributed by atoms with Crippen molar-refractivity contribution in [1.82, 2.24) is 0 Å². The standard InChI is InChI=1S/C19H19N3O3/c1-12(2)25-16-9-8-13(10-17(16)24-3)11-20-22-18-14-6-4-5-7-15(14)21-19(18)23/h4-12H,1-3H3,(H,21,22,23)/b20-11+. The number of hydrogen-bond acceptors (Lipinski definition) is 5. The highest BCUT2D eigenvalue weighted by Gasteiger charge is 2.25. The first-order valence-electron chi connectivity index (χ1n) is 7.95. The molecular formula is C19H19N3O3. The van der Waals surface area contributed by atoms with Gasteiger partial charge in [0.25, 0.3) is 5.91 Å². The summed E-state index contributed by atoms with van der Waals surface area (Å²) >= 11 is 0. The number of rotatable bonds is 5. The molecule has 6 heteroatoms. The van der Waals surface area contributed by atoms with Gasteiger partial charge >= 0.3 is 0 Å². The largest absolute Gasteiger partial charge is 0.493 e. The Bertz CT molecular complexity index is 857. The van der Waals surface area contributed by atoms with E-state index in [0.717, 1.165) is 16.8 Å². The van der Waals surface area contributed by atoms with E-state index >= 15 is 0 Å². The zero-order valence-corrected chi connectivity index (χ0v) is 14.3. The van der Waals surface area contributed by atoms with E-state index in [1.165, 1.54) is 0 Å². The third kappa shape index (κ3) is 3.68. The predicted molar refractivity (Wildman–Crippen MR) is 98.0 cm³/mol. The molecule has 0 fully saturated rings. The van der Waals surface area contributed by atoms with E-state index in [-0.39, 0.29) is 12.0 Å². The number of methoxy groups -OCH3 is 1. The second kappa shape index (κ2) is 7.17. The number of anilines is 1. The second-order valence-corrected chi connectivity index (χ2v) is 5.77. The van der Waals surface area contributed by atoms with Crippen LogP contribution < -0.4 is 14.8 Å². The molecule has 0 spiro atoms. The van der Waals surface area contributed by atoms with E-state index in [9.17, 15) is 4.79 Å². The minimum absolute atomic E-state index is 0.0563. The zero-order chi connectivity index (χ0) is 17.8. The quantitative estimate of drug-likeness (QED) is 0.672. The number of nitrogens with zero attached hydrogens (tertiary/aromatic N) is 2. The molecule has 1 N–H and O–H groups in total. The van der Waals surface area contributed by atoms with Crippen molar-refractivity contribution in [2.75, 3.05) is 12.4 Å². The van der Waals surface area contributed by atoms with Crippen LogP contribution in [0.1, 0.15) is 25.0 Å². The lowest BCUT2D eigenvalue weighted by Gasteiger charge is -2.13. The van der Waals surface area contributed by atoms with Crippen molar-refractivity contribution in [3.63, 3.8) is 0 Å². The van der Waals surface area contributed by atoms with Crippen molar-refractivity contribution in [3.8, 4) is 11.5 Å². The van der Waals surface area contributed by atoms with Gasteiger partial charge in [-0.05, 0) is 43.7 Å². The molecule has 2 aromatic rings. The van der Waals surface area contributed by atoms with E-state index in [1.807, 2.05) is 56.3 Å². The maximum absolute atomic E-state index is 12.0. The summed E-state index contributed by atoms with van der Waals surface area (Å²) in [5.74, 6) is 1.04. The van der Waals surface area contributed by atoms with Crippen LogP contribution in [0.25, 0.3) is 0 Å². The van der Waals surface area contributed by atoms with Crippen LogP contribution in [0, 0.1) is 0 Å². The molecule has 6 nitrogen and oxygen atoms in total. The minimum atomic E-state index is -0.253. The molecule has 25 heavy (non-hydrogen) atoms. The van der Waals surface area contributed by atoms with Gasteiger partial charge in [-0.3, -0.25) is 4.79 Å². The lowest BCUT2D eigenvalue weighted by Crippen LogP contribution is -2.13. The van der Waals surface area contributed by atoms with Crippen molar-refractivity contribution in [3.05, 3.63) is 53.6 Å². The Kier molecular flexibility index (Phi) is 4.79. The molecule has 128 valence electrons. The normalized spacial score (nSPS) is 14.9. The monoisotopic (exact) mass is 337 g/mol. The highest BCUT2D eigenvalue weighted by molar-refractivity contribution is 6.53. The number of benzene rings is 2. The summed E-state index contributed by atoms with van der Waals surface area (Å²) in [7, 11) is 1.59. The van der Waals surface area contributed by atoms with Crippen LogP contribution in [0.4, 0.5) is 5.69 Å². The lowest BCUT2D eigenvalue weighted by molar-refractivity contribution is -0.110. The first-order valence-corrected chi connectivity index (χ1v) is 7.95. The van der Waals surface area contributed by atoms with Crippen molar-refractivity contribution in [2.24, 2.45) is 10.2 Å². The molecule has 0 atom stereocenters. The van der Waals surface area contributed by atoms with Gasteiger partial charge in [-0.25, -0.2) is 0 Å². The molecule has 0 aromatic heterocycles. The molecule has 2 aromatic carbocycles. The molecule has 0 unspecified atom stereocenters. The summed E-state index contributed by atoms with van der Waals surface area (Å²) in [4.78, 5) is 12.0. The van der Waals surface area contributed by atoms with Gasteiger partial charge in [-0.1, -0.05) is 18.2 Å². The molecule has 0 saturated carbocycles. The number of para-hydroxylation sites is 1. The Morgan fingerprint density at radius 3 is 2.68 bits per heavy atom. The first kappa shape index (κ1) is 16.7. The second-order valence-electron chi connectivity index (χ2n) is 5.77. The van der Waals surface area contributed by atoms with Crippen LogP contribution in [-0.4, -0.2) is 31.0 Å². The maximum Gasteiger partial charge on any atom is 0.276 e. The van der Waals surface area contributed by atoms with E-state index in [1.54, 1.807) is 13.3 Å². The molecular weight excluding hydrogens is 318 g/mol. The van der Waals surface area contributed by atoms with Gasteiger partial charge in [-0.15, -0.1) is 5.10 Å². The number of ether oxygens (including phenoxy) is 2. The SMILES string of the molecule is COc1cc(/C=N/N=C2/C(=O)Nc3ccccc32)ccc1OC(C)C. The van der Waals surface area contributed by atoms with Crippen LogP contribution >= 0.6 is 0 Å². The fourth-order valence-electron chi connectivity index (χ4n) is 2.47. The summed E-state index contributed by atoms with van der Waals surface area (Å²) in [6.45, 7) is 3.91. The molecule has 1 aliphatic heterocycles. The number of carbonyl (C=O) groups excluding carboxylic acids is 1. The molecule has 3 rings (SSSR count). The topological polar surface area (TPSA) is 72.3 Å². The molecule has 0 radical (unpaired) electrons. The van der Waals surface area contributed by atoms with Crippen LogP contribution in [0.2, 0.25) is 0 Å². The Morgan fingerprint density at radius 1 is 1.12 bits per heavy atom. The number of carbonyl (C=O) groups is 1. The third-order valence-corrected chi connectivity index (χ3v) is 3.56. The van der Waals surface area contributed by atoms with Crippen molar-refractivity contribution < 1.29 is 14.3 Å². The Labute approximate surface area is 146 Å². The van der Waals surface area contributed by atoms with Gasteiger partial charge in [0.2, 0.25) is 0 Å². The van der Waals surface area contributed by atoms with Crippen LogP contribution in [0.3, 0.4) is 0 Å². The fourth-order valence-corrected chi connectivity index (χ4v) is 2.47. The molecule has 1 heterocycles. The lowest BCUT2D eigenvalue weighted by atomic mass is 10.1. The number of amides is 1. The highest BCUT2D eigenvalue weighted by Crippen LogP contribution is 2.28. The van der Waals surface area contributed by atoms with Gasteiger partial charge in [0, 0.05) is 5.56 Å². The van der Waals surface area contributed by atoms with E-state index in [4.69, 9.17) is 9.47 Å². The van der Waals surface area contributed by atoms with Gasteiger partial charge in [-0.2, -0.15) is 5.10 Å². The average molecular weight is 337 g/mol. The Hall–Kier alpha value is -3.15. The van der Waals surface area contributed by atoms with Crippen molar-refractivity contribution in [1.29, 1.82) is 0 Å². The smallest absolute Gasteiger partial charge is 0.276 e. The van der Waals surface area contributed by atoms with Gasteiger partial charge < -0.3 is 14.8 Å². The third-order valence-electron chi connectivity index (χ3n) is 3.56.